The van der Waals surface area contributed by atoms with Gasteiger partial charge in [0.15, 0.2) is 6.61 Å². The van der Waals surface area contributed by atoms with Gasteiger partial charge in [-0.2, -0.15) is 8.78 Å². The molecule has 0 aliphatic carbocycles. The molecule has 2 rings (SSSR count). The summed E-state index contributed by atoms with van der Waals surface area (Å²) in [5.74, 6) is -2.24. The van der Waals surface area contributed by atoms with E-state index in [1.165, 1.54) is 36.0 Å². The highest BCUT2D eigenvalue weighted by Gasteiger charge is 2.13. The first-order valence-corrected chi connectivity index (χ1v) is 8.65. The van der Waals surface area contributed by atoms with Gasteiger partial charge in [-0.05, 0) is 36.4 Å². The number of esters is 1. The number of ether oxygens (including phenoxy) is 2. The van der Waals surface area contributed by atoms with Crippen LogP contribution in [0.5, 0.6) is 5.75 Å². The van der Waals surface area contributed by atoms with Crippen LogP contribution in [0, 0.1) is 0 Å². The molecule has 0 spiro atoms. The average molecular weight is 395 g/mol. The van der Waals surface area contributed by atoms with E-state index in [4.69, 9.17) is 4.74 Å². The van der Waals surface area contributed by atoms with Crippen LogP contribution in [0.2, 0.25) is 0 Å². The summed E-state index contributed by atoms with van der Waals surface area (Å²) in [5, 5.41) is 2.03. The second-order valence-electron chi connectivity index (χ2n) is 5.04. The standard InChI is InChI=1S/C18H15F2NO5S/c19-18(20)26-13-8-6-12(7-9-13)17(24)21-15(22)10-25-16(23)11-27-14-4-2-1-3-5-14/h1-9,18H,10-11H2,(H,21,22,24). The number of hydrogen-bond acceptors (Lipinski definition) is 6. The Morgan fingerprint density at radius 2 is 1.67 bits per heavy atom. The lowest BCUT2D eigenvalue weighted by atomic mass is 10.2. The summed E-state index contributed by atoms with van der Waals surface area (Å²) < 4.78 is 33.1. The third-order valence-corrected chi connectivity index (χ3v) is 4.04. The Kier molecular flexibility index (Phi) is 7.75. The number of imide groups is 1. The zero-order valence-electron chi connectivity index (χ0n) is 13.9. The molecule has 0 saturated carbocycles. The van der Waals surface area contributed by atoms with Gasteiger partial charge in [-0.3, -0.25) is 19.7 Å². The summed E-state index contributed by atoms with van der Waals surface area (Å²) >= 11 is 1.26. The number of rotatable bonds is 8. The number of alkyl halides is 2. The van der Waals surface area contributed by atoms with Crippen LogP contribution in [-0.4, -0.2) is 36.8 Å². The van der Waals surface area contributed by atoms with Gasteiger partial charge in [0.25, 0.3) is 11.8 Å². The summed E-state index contributed by atoms with van der Waals surface area (Å²) in [6.45, 7) is -3.58. The lowest BCUT2D eigenvalue weighted by molar-refractivity contribution is -0.145. The Morgan fingerprint density at radius 1 is 1.00 bits per heavy atom. The molecule has 1 N–H and O–H groups in total. The van der Waals surface area contributed by atoms with Crippen molar-refractivity contribution in [2.45, 2.75) is 11.5 Å². The molecule has 0 bridgehead atoms. The van der Waals surface area contributed by atoms with Crippen LogP contribution in [0.15, 0.2) is 59.5 Å². The SMILES string of the molecule is O=C(COC(=O)CSc1ccccc1)NC(=O)c1ccc(OC(F)F)cc1. The number of hydrogen-bond donors (Lipinski definition) is 1. The summed E-state index contributed by atoms with van der Waals surface area (Å²) in [4.78, 5) is 36.1. The Morgan fingerprint density at radius 3 is 2.30 bits per heavy atom. The van der Waals surface area contributed by atoms with Gasteiger partial charge in [0.05, 0.1) is 5.75 Å². The molecule has 2 aromatic rings. The van der Waals surface area contributed by atoms with Crippen LogP contribution >= 0.6 is 11.8 Å². The number of benzene rings is 2. The maximum absolute atomic E-state index is 12.1. The van der Waals surface area contributed by atoms with Crippen molar-refractivity contribution in [3.05, 3.63) is 60.2 Å². The molecular formula is C18H15F2NO5S. The quantitative estimate of drug-likeness (QED) is 0.547. The van der Waals surface area contributed by atoms with Crippen LogP contribution < -0.4 is 10.1 Å². The summed E-state index contributed by atoms with van der Waals surface area (Å²) in [7, 11) is 0. The summed E-state index contributed by atoms with van der Waals surface area (Å²) in [6.07, 6.45) is 0. The minimum absolute atomic E-state index is 0.0246. The zero-order chi connectivity index (χ0) is 19.6. The molecule has 0 atom stereocenters. The first-order chi connectivity index (χ1) is 12.9. The molecule has 0 fully saturated rings. The summed E-state index contributed by atoms with van der Waals surface area (Å²) in [5.41, 5.74) is 0.0657. The van der Waals surface area contributed by atoms with E-state index in [2.05, 4.69) is 4.74 Å². The highest BCUT2D eigenvalue weighted by molar-refractivity contribution is 8.00. The van der Waals surface area contributed by atoms with Crippen molar-refractivity contribution in [3.63, 3.8) is 0 Å². The minimum Gasteiger partial charge on any atom is -0.455 e. The largest absolute Gasteiger partial charge is 0.455 e. The van der Waals surface area contributed by atoms with Crippen LogP contribution in [0.1, 0.15) is 10.4 Å². The third kappa shape index (κ3) is 7.45. The third-order valence-electron chi connectivity index (χ3n) is 3.06. The minimum atomic E-state index is -2.97. The van der Waals surface area contributed by atoms with Crippen molar-refractivity contribution in [1.29, 1.82) is 0 Å². The molecule has 0 radical (unpaired) electrons. The molecule has 0 aromatic heterocycles. The van der Waals surface area contributed by atoms with E-state index >= 15 is 0 Å². The van der Waals surface area contributed by atoms with Gasteiger partial charge in [-0.1, -0.05) is 18.2 Å². The van der Waals surface area contributed by atoms with Crippen molar-refractivity contribution in [1.82, 2.24) is 5.32 Å². The molecule has 0 heterocycles. The molecular weight excluding hydrogens is 380 g/mol. The maximum Gasteiger partial charge on any atom is 0.387 e. The van der Waals surface area contributed by atoms with Crippen molar-refractivity contribution in [2.24, 2.45) is 0 Å². The van der Waals surface area contributed by atoms with Gasteiger partial charge < -0.3 is 9.47 Å². The monoisotopic (exact) mass is 395 g/mol. The normalized spacial score (nSPS) is 10.3. The van der Waals surface area contributed by atoms with E-state index in [1.807, 2.05) is 35.6 Å². The lowest BCUT2D eigenvalue weighted by Crippen LogP contribution is -2.34. The number of carbonyl (C=O) groups is 3. The van der Waals surface area contributed by atoms with Crippen molar-refractivity contribution >= 4 is 29.5 Å². The van der Waals surface area contributed by atoms with Gasteiger partial charge in [-0.15, -0.1) is 11.8 Å². The average Bonchev–Trinajstić information content (AvgIpc) is 2.65. The Bertz CT molecular complexity index is 784. The molecule has 142 valence electrons. The van der Waals surface area contributed by atoms with Crippen LogP contribution in [0.25, 0.3) is 0 Å². The molecule has 2 amide bonds. The van der Waals surface area contributed by atoms with Crippen molar-refractivity contribution < 1.29 is 32.6 Å². The van der Waals surface area contributed by atoms with E-state index in [0.29, 0.717) is 0 Å². The molecule has 0 saturated heterocycles. The smallest absolute Gasteiger partial charge is 0.387 e. The topological polar surface area (TPSA) is 81.7 Å². The Balaban J connectivity index is 1.72. The lowest BCUT2D eigenvalue weighted by Gasteiger charge is -2.07. The van der Waals surface area contributed by atoms with E-state index < -0.39 is 31.0 Å². The molecule has 2 aromatic carbocycles. The number of nitrogens with one attached hydrogen (secondary N) is 1. The van der Waals surface area contributed by atoms with Gasteiger partial charge in [-0.25, -0.2) is 0 Å². The number of carbonyl (C=O) groups excluding carboxylic acids is 3. The molecule has 0 aliphatic heterocycles. The predicted octanol–water partition coefficient (Wildman–Crippen LogP) is 2.88. The Hall–Kier alpha value is -2.94. The van der Waals surface area contributed by atoms with Crippen LogP contribution in [0.4, 0.5) is 8.78 Å². The highest BCUT2D eigenvalue weighted by Crippen LogP contribution is 2.17. The highest BCUT2D eigenvalue weighted by atomic mass is 32.2. The van der Waals surface area contributed by atoms with Gasteiger partial charge in [0, 0.05) is 10.5 Å². The molecule has 0 unspecified atom stereocenters. The predicted molar refractivity (Wildman–Crippen MR) is 93.7 cm³/mol. The number of amides is 2. The second-order valence-corrected chi connectivity index (χ2v) is 6.09. The van der Waals surface area contributed by atoms with Gasteiger partial charge in [0.2, 0.25) is 0 Å². The molecule has 6 nitrogen and oxygen atoms in total. The van der Waals surface area contributed by atoms with Crippen LogP contribution in [-0.2, 0) is 14.3 Å². The summed E-state index contributed by atoms with van der Waals surface area (Å²) in [6, 6.07) is 14.0. The molecule has 0 aliphatic rings. The molecule has 27 heavy (non-hydrogen) atoms. The fourth-order valence-corrected chi connectivity index (χ4v) is 2.59. The van der Waals surface area contributed by atoms with Crippen molar-refractivity contribution in [3.8, 4) is 5.75 Å². The molecule has 9 heteroatoms. The van der Waals surface area contributed by atoms with Gasteiger partial charge in [0.1, 0.15) is 5.75 Å². The van der Waals surface area contributed by atoms with E-state index in [9.17, 15) is 23.2 Å². The Labute approximate surface area is 157 Å². The van der Waals surface area contributed by atoms with Crippen LogP contribution in [0.3, 0.4) is 0 Å². The first-order valence-electron chi connectivity index (χ1n) is 7.66. The fraction of sp³-hybridized carbons (Fsp3) is 0.167. The zero-order valence-corrected chi connectivity index (χ0v) is 14.7. The van der Waals surface area contributed by atoms with Gasteiger partial charge >= 0.3 is 12.6 Å². The van der Waals surface area contributed by atoms with E-state index in [-0.39, 0.29) is 17.1 Å². The first kappa shape index (κ1) is 20.4. The van der Waals surface area contributed by atoms with Crippen molar-refractivity contribution in [2.75, 3.05) is 12.4 Å². The number of thioether (sulfide) groups is 1. The second kappa shape index (κ2) is 10.3. The fourth-order valence-electron chi connectivity index (χ4n) is 1.87. The maximum atomic E-state index is 12.1. The number of halogens is 2. The van der Waals surface area contributed by atoms with E-state index in [1.54, 1.807) is 0 Å². The van der Waals surface area contributed by atoms with E-state index in [0.717, 1.165) is 4.90 Å².